The van der Waals surface area contributed by atoms with E-state index in [0.717, 1.165) is 11.1 Å². The fourth-order valence-corrected chi connectivity index (χ4v) is 4.03. The van der Waals surface area contributed by atoms with Crippen molar-refractivity contribution in [3.63, 3.8) is 0 Å². The van der Waals surface area contributed by atoms with Gasteiger partial charge in [0.1, 0.15) is 0 Å². The zero-order valence-corrected chi connectivity index (χ0v) is 17.6. The van der Waals surface area contributed by atoms with Crippen molar-refractivity contribution in [1.29, 1.82) is 0 Å². The number of rotatable bonds is 9. The number of amides is 2. The van der Waals surface area contributed by atoms with Crippen molar-refractivity contribution < 1.29 is 18.0 Å². The van der Waals surface area contributed by atoms with Gasteiger partial charge in [0.05, 0.1) is 4.90 Å². The first-order chi connectivity index (χ1) is 14.8. The van der Waals surface area contributed by atoms with Gasteiger partial charge in [-0.15, -0.1) is 0 Å². The number of carbonyl (C=O) groups is 2. The van der Waals surface area contributed by atoms with E-state index in [4.69, 9.17) is 5.73 Å². The van der Waals surface area contributed by atoms with Crippen LogP contribution in [0.15, 0.2) is 83.8 Å². The quantitative estimate of drug-likeness (QED) is 0.476. The largest absolute Gasteiger partial charge is 0.366 e. The molecule has 0 aliphatic rings. The molecule has 0 saturated heterocycles. The van der Waals surface area contributed by atoms with Crippen LogP contribution in [0.3, 0.4) is 0 Å². The molecular formula is C23H23N3O4S. The van der Waals surface area contributed by atoms with E-state index in [1.807, 2.05) is 36.4 Å². The zero-order valence-electron chi connectivity index (χ0n) is 16.7. The summed E-state index contributed by atoms with van der Waals surface area (Å²) in [6.07, 6.45) is 0.503. The average molecular weight is 438 g/mol. The molecule has 0 saturated carbocycles. The van der Waals surface area contributed by atoms with E-state index in [1.54, 1.807) is 24.3 Å². The van der Waals surface area contributed by atoms with Crippen LogP contribution in [0.4, 0.5) is 0 Å². The Morgan fingerprint density at radius 1 is 0.806 bits per heavy atom. The Hall–Kier alpha value is -3.49. The number of sulfonamides is 1. The van der Waals surface area contributed by atoms with Crippen molar-refractivity contribution in [2.45, 2.75) is 17.9 Å². The number of benzene rings is 3. The van der Waals surface area contributed by atoms with Crippen LogP contribution in [-0.2, 0) is 23.0 Å². The Balaban J connectivity index is 1.60. The second kappa shape index (κ2) is 10.0. The van der Waals surface area contributed by atoms with Gasteiger partial charge in [-0.05, 0) is 47.9 Å². The number of nitrogens with two attached hydrogens (primary N) is 1. The molecule has 3 aromatic rings. The van der Waals surface area contributed by atoms with Gasteiger partial charge >= 0.3 is 0 Å². The summed E-state index contributed by atoms with van der Waals surface area (Å²) in [5.41, 5.74) is 7.62. The minimum atomic E-state index is -3.76. The molecule has 0 aromatic heterocycles. The molecule has 8 heteroatoms. The first kappa shape index (κ1) is 22.2. The van der Waals surface area contributed by atoms with Crippen molar-refractivity contribution in [1.82, 2.24) is 10.0 Å². The van der Waals surface area contributed by atoms with Crippen molar-refractivity contribution in [2.75, 3.05) is 6.54 Å². The Morgan fingerprint density at radius 2 is 1.48 bits per heavy atom. The SMILES string of the molecule is NC(=O)c1cccc(CCNC(=O)c2cccc(S(=O)(=O)NCc3ccccc3)c2)c1. The third-order valence-corrected chi connectivity index (χ3v) is 6.03. The van der Waals surface area contributed by atoms with Crippen molar-refractivity contribution in [2.24, 2.45) is 5.73 Å². The lowest BCUT2D eigenvalue weighted by Crippen LogP contribution is -2.27. The Bertz CT molecular complexity index is 1180. The van der Waals surface area contributed by atoms with Crippen LogP contribution in [0.2, 0.25) is 0 Å². The Kier molecular flexibility index (Phi) is 7.17. The van der Waals surface area contributed by atoms with Crippen LogP contribution in [-0.4, -0.2) is 26.8 Å². The summed E-state index contributed by atoms with van der Waals surface area (Å²) in [7, 11) is -3.76. The van der Waals surface area contributed by atoms with E-state index in [1.165, 1.54) is 18.2 Å². The van der Waals surface area contributed by atoms with Gasteiger partial charge in [-0.25, -0.2) is 13.1 Å². The second-order valence-electron chi connectivity index (χ2n) is 6.91. The highest BCUT2D eigenvalue weighted by molar-refractivity contribution is 7.89. The fourth-order valence-electron chi connectivity index (χ4n) is 2.96. The van der Waals surface area contributed by atoms with Gasteiger partial charge in [0, 0.05) is 24.2 Å². The van der Waals surface area contributed by atoms with Crippen LogP contribution in [0.5, 0.6) is 0 Å². The molecule has 0 spiro atoms. The van der Waals surface area contributed by atoms with E-state index < -0.39 is 15.9 Å². The maximum atomic E-state index is 12.6. The topological polar surface area (TPSA) is 118 Å². The van der Waals surface area contributed by atoms with Crippen molar-refractivity contribution >= 4 is 21.8 Å². The number of carbonyl (C=O) groups excluding carboxylic acids is 2. The van der Waals surface area contributed by atoms with Gasteiger partial charge in [0.2, 0.25) is 15.9 Å². The van der Waals surface area contributed by atoms with E-state index >= 15 is 0 Å². The smallest absolute Gasteiger partial charge is 0.251 e. The fraction of sp³-hybridized carbons (Fsp3) is 0.130. The van der Waals surface area contributed by atoms with E-state index in [0.29, 0.717) is 18.5 Å². The Labute approximate surface area is 181 Å². The predicted molar refractivity (Wildman–Crippen MR) is 118 cm³/mol. The van der Waals surface area contributed by atoms with Crippen molar-refractivity contribution in [3.05, 3.63) is 101 Å². The molecule has 3 aromatic carbocycles. The first-order valence-electron chi connectivity index (χ1n) is 9.66. The van der Waals surface area contributed by atoms with Crippen LogP contribution < -0.4 is 15.8 Å². The maximum absolute atomic E-state index is 12.6. The molecule has 4 N–H and O–H groups in total. The minimum absolute atomic E-state index is 0.0187. The molecule has 2 amide bonds. The summed E-state index contributed by atoms with van der Waals surface area (Å²) >= 11 is 0. The molecule has 3 rings (SSSR count). The normalized spacial score (nSPS) is 11.1. The number of hydrogen-bond acceptors (Lipinski definition) is 4. The van der Waals surface area contributed by atoms with Gasteiger partial charge in [-0.3, -0.25) is 9.59 Å². The maximum Gasteiger partial charge on any atom is 0.251 e. The summed E-state index contributed by atoms with van der Waals surface area (Å²) in [4.78, 5) is 23.7. The zero-order chi connectivity index (χ0) is 22.3. The summed E-state index contributed by atoms with van der Waals surface area (Å²) in [5.74, 6) is -0.893. The molecule has 0 atom stereocenters. The van der Waals surface area contributed by atoms with Crippen LogP contribution >= 0.6 is 0 Å². The van der Waals surface area contributed by atoms with Gasteiger partial charge in [-0.1, -0.05) is 48.5 Å². The van der Waals surface area contributed by atoms with Gasteiger partial charge in [0.15, 0.2) is 0 Å². The molecule has 0 heterocycles. The average Bonchev–Trinajstić information content (AvgIpc) is 2.78. The van der Waals surface area contributed by atoms with Gasteiger partial charge in [0.25, 0.3) is 5.91 Å². The summed E-state index contributed by atoms with van der Waals surface area (Å²) in [6.45, 7) is 0.480. The number of primary amides is 1. The summed E-state index contributed by atoms with van der Waals surface area (Å²) in [6, 6.07) is 21.9. The monoisotopic (exact) mass is 437 g/mol. The lowest BCUT2D eigenvalue weighted by atomic mass is 10.1. The molecule has 0 aliphatic heterocycles. The highest BCUT2D eigenvalue weighted by Crippen LogP contribution is 2.13. The van der Waals surface area contributed by atoms with E-state index in [-0.39, 0.29) is 22.9 Å². The summed E-state index contributed by atoms with van der Waals surface area (Å²) < 4.78 is 27.7. The third-order valence-electron chi connectivity index (χ3n) is 4.63. The predicted octanol–water partition coefficient (Wildman–Crippen LogP) is 2.24. The third kappa shape index (κ3) is 6.24. The van der Waals surface area contributed by atoms with Crippen LogP contribution in [0, 0.1) is 0 Å². The molecule has 0 bridgehead atoms. The Morgan fingerprint density at radius 3 is 2.23 bits per heavy atom. The standard InChI is InChI=1S/C23H23N3O4S/c24-22(27)19-9-4-8-17(14-19)12-13-25-23(28)20-10-5-11-21(15-20)31(29,30)26-16-18-6-2-1-3-7-18/h1-11,14-15,26H,12-13,16H2,(H2,24,27)(H,25,28). The van der Waals surface area contributed by atoms with Gasteiger partial charge in [-0.2, -0.15) is 0 Å². The second-order valence-corrected chi connectivity index (χ2v) is 8.68. The molecule has 7 nitrogen and oxygen atoms in total. The molecule has 31 heavy (non-hydrogen) atoms. The highest BCUT2D eigenvalue weighted by atomic mass is 32.2. The number of hydrogen-bond donors (Lipinski definition) is 3. The molecular weight excluding hydrogens is 414 g/mol. The molecule has 0 unspecified atom stereocenters. The lowest BCUT2D eigenvalue weighted by Gasteiger charge is -2.09. The number of nitrogens with one attached hydrogen (secondary N) is 2. The van der Waals surface area contributed by atoms with Crippen LogP contribution in [0.25, 0.3) is 0 Å². The molecule has 0 aliphatic carbocycles. The summed E-state index contributed by atoms with van der Waals surface area (Å²) in [5, 5.41) is 2.76. The molecule has 0 fully saturated rings. The van der Waals surface area contributed by atoms with Crippen LogP contribution in [0.1, 0.15) is 31.8 Å². The first-order valence-corrected chi connectivity index (χ1v) is 11.1. The van der Waals surface area contributed by atoms with E-state index in [2.05, 4.69) is 10.0 Å². The van der Waals surface area contributed by atoms with E-state index in [9.17, 15) is 18.0 Å². The van der Waals surface area contributed by atoms with Gasteiger partial charge < -0.3 is 11.1 Å². The molecule has 0 radical (unpaired) electrons. The van der Waals surface area contributed by atoms with Crippen molar-refractivity contribution in [3.8, 4) is 0 Å². The minimum Gasteiger partial charge on any atom is -0.366 e. The molecule has 160 valence electrons. The highest BCUT2D eigenvalue weighted by Gasteiger charge is 2.16. The lowest BCUT2D eigenvalue weighted by molar-refractivity contribution is 0.0952.